The number of thiazole rings is 1. The van der Waals surface area contributed by atoms with Crippen molar-refractivity contribution in [2.45, 2.75) is 13.1 Å². The second-order valence-corrected chi connectivity index (χ2v) is 7.60. The van der Waals surface area contributed by atoms with E-state index >= 15 is 0 Å². The van der Waals surface area contributed by atoms with Crippen molar-refractivity contribution in [3.05, 3.63) is 83.4 Å². The van der Waals surface area contributed by atoms with Crippen molar-refractivity contribution >= 4 is 33.1 Å². The molecule has 0 spiro atoms. The summed E-state index contributed by atoms with van der Waals surface area (Å²) in [6, 6.07) is 17.5. The van der Waals surface area contributed by atoms with E-state index in [2.05, 4.69) is 10.3 Å². The van der Waals surface area contributed by atoms with Gasteiger partial charge in [-0.25, -0.2) is 4.98 Å². The molecular formula is C22H15F3N2OS. The Labute approximate surface area is 168 Å². The van der Waals surface area contributed by atoms with Gasteiger partial charge in [-0.15, -0.1) is 11.3 Å². The first-order valence-electron chi connectivity index (χ1n) is 8.76. The topological polar surface area (TPSA) is 42.0 Å². The Morgan fingerprint density at radius 2 is 1.72 bits per heavy atom. The molecule has 0 saturated heterocycles. The lowest BCUT2D eigenvalue weighted by Gasteiger charge is -2.11. The fourth-order valence-electron chi connectivity index (χ4n) is 2.94. The number of hydrogen-bond acceptors (Lipinski definition) is 3. The minimum Gasteiger partial charge on any atom is -0.321 e. The highest BCUT2D eigenvalue weighted by atomic mass is 32.1. The summed E-state index contributed by atoms with van der Waals surface area (Å²) in [5.74, 6) is -0.482. The molecule has 0 atom stereocenters. The van der Waals surface area contributed by atoms with Crippen molar-refractivity contribution < 1.29 is 18.0 Å². The van der Waals surface area contributed by atoms with Gasteiger partial charge < -0.3 is 5.32 Å². The highest BCUT2D eigenvalue weighted by Crippen LogP contribution is 2.35. The number of hydrogen-bond donors (Lipinski definition) is 1. The summed E-state index contributed by atoms with van der Waals surface area (Å²) in [4.78, 5) is 17.3. The first kappa shape index (κ1) is 19.1. The molecule has 1 heterocycles. The molecule has 3 aromatic carbocycles. The Morgan fingerprint density at radius 3 is 2.41 bits per heavy atom. The summed E-state index contributed by atoms with van der Waals surface area (Å²) in [5.41, 5.74) is 2.56. The maximum absolute atomic E-state index is 12.7. The van der Waals surface area contributed by atoms with Gasteiger partial charge in [0.1, 0.15) is 5.01 Å². The van der Waals surface area contributed by atoms with Crippen LogP contribution >= 0.6 is 11.3 Å². The third-order valence-electron chi connectivity index (χ3n) is 4.42. The van der Waals surface area contributed by atoms with Crippen LogP contribution in [0.4, 0.5) is 18.9 Å². The van der Waals surface area contributed by atoms with Gasteiger partial charge in [-0.3, -0.25) is 4.79 Å². The van der Waals surface area contributed by atoms with Crippen LogP contribution in [0.2, 0.25) is 0 Å². The van der Waals surface area contributed by atoms with Gasteiger partial charge in [0.05, 0.1) is 21.5 Å². The molecule has 0 bridgehead atoms. The Hall–Kier alpha value is -3.19. The van der Waals surface area contributed by atoms with Crippen LogP contribution in [0.25, 0.3) is 20.8 Å². The number of aromatic nitrogens is 1. The lowest BCUT2D eigenvalue weighted by molar-refractivity contribution is -0.137. The molecule has 0 aliphatic carbocycles. The van der Waals surface area contributed by atoms with E-state index in [0.717, 1.165) is 38.5 Å². The van der Waals surface area contributed by atoms with Crippen molar-refractivity contribution in [3.63, 3.8) is 0 Å². The van der Waals surface area contributed by atoms with Crippen molar-refractivity contribution in [2.24, 2.45) is 0 Å². The van der Waals surface area contributed by atoms with Crippen LogP contribution in [0.3, 0.4) is 0 Å². The van der Waals surface area contributed by atoms with Crippen LogP contribution in [0, 0.1) is 6.92 Å². The number of amides is 1. The quantitative estimate of drug-likeness (QED) is 0.415. The van der Waals surface area contributed by atoms with Gasteiger partial charge in [0.15, 0.2) is 0 Å². The Morgan fingerprint density at radius 1 is 1.00 bits per heavy atom. The van der Waals surface area contributed by atoms with E-state index in [-0.39, 0.29) is 5.56 Å². The van der Waals surface area contributed by atoms with Crippen LogP contribution in [-0.2, 0) is 6.18 Å². The zero-order valence-corrected chi connectivity index (χ0v) is 16.1. The number of nitrogens with one attached hydrogen (secondary N) is 1. The fourth-order valence-corrected chi connectivity index (χ4v) is 3.93. The molecule has 7 heteroatoms. The van der Waals surface area contributed by atoms with Crippen LogP contribution in [0.15, 0.2) is 66.7 Å². The number of anilines is 1. The van der Waals surface area contributed by atoms with Gasteiger partial charge >= 0.3 is 6.18 Å². The maximum Gasteiger partial charge on any atom is 0.416 e. The number of alkyl halides is 3. The van der Waals surface area contributed by atoms with Crippen molar-refractivity contribution in [1.29, 1.82) is 0 Å². The van der Waals surface area contributed by atoms with E-state index < -0.39 is 17.6 Å². The number of aryl methyl sites for hydroxylation is 1. The standard InChI is InChI=1S/C22H15F3N2OS/c1-13-6-11-17(16(12-13)21-27-18-4-2-3-5-19(18)29-21)26-20(28)14-7-9-15(10-8-14)22(23,24)25/h2-12H,1H3,(H,26,28). The molecule has 1 N–H and O–H groups in total. The van der Waals surface area contributed by atoms with Gasteiger partial charge in [-0.2, -0.15) is 13.2 Å². The number of para-hydroxylation sites is 1. The summed E-state index contributed by atoms with van der Waals surface area (Å²) < 4.78 is 39.2. The smallest absolute Gasteiger partial charge is 0.321 e. The lowest BCUT2D eigenvalue weighted by atomic mass is 10.1. The van der Waals surface area contributed by atoms with E-state index in [1.54, 1.807) is 6.07 Å². The summed E-state index contributed by atoms with van der Waals surface area (Å²) in [7, 11) is 0. The molecule has 0 unspecified atom stereocenters. The zero-order valence-electron chi connectivity index (χ0n) is 15.2. The molecule has 0 aliphatic heterocycles. The maximum atomic E-state index is 12.7. The number of halogens is 3. The summed E-state index contributed by atoms with van der Waals surface area (Å²) in [6.45, 7) is 1.94. The van der Waals surface area contributed by atoms with Crippen LogP contribution in [-0.4, -0.2) is 10.9 Å². The van der Waals surface area contributed by atoms with Crippen molar-refractivity contribution in [1.82, 2.24) is 4.98 Å². The fraction of sp³-hybridized carbons (Fsp3) is 0.0909. The minimum atomic E-state index is -4.44. The Kier molecular flexibility index (Phi) is 4.84. The number of rotatable bonds is 3. The van der Waals surface area contributed by atoms with Gasteiger partial charge in [0, 0.05) is 11.1 Å². The summed E-state index contributed by atoms with van der Waals surface area (Å²) in [5, 5.41) is 3.56. The average molecular weight is 412 g/mol. The largest absolute Gasteiger partial charge is 0.416 e. The van der Waals surface area contributed by atoms with Crippen molar-refractivity contribution in [3.8, 4) is 10.6 Å². The average Bonchev–Trinajstić information content (AvgIpc) is 3.13. The van der Waals surface area contributed by atoms with E-state index in [4.69, 9.17) is 0 Å². The van der Waals surface area contributed by atoms with Crippen LogP contribution in [0.5, 0.6) is 0 Å². The van der Waals surface area contributed by atoms with E-state index in [1.807, 2.05) is 43.3 Å². The molecule has 3 nitrogen and oxygen atoms in total. The van der Waals surface area contributed by atoms with Gasteiger partial charge in [-0.1, -0.05) is 23.8 Å². The molecule has 0 saturated carbocycles. The molecule has 0 radical (unpaired) electrons. The Bertz CT molecular complexity index is 1160. The lowest BCUT2D eigenvalue weighted by Crippen LogP contribution is -2.13. The first-order valence-corrected chi connectivity index (χ1v) is 9.58. The monoisotopic (exact) mass is 412 g/mol. The number of fused-ring (bicyclic) bond motifs is 1. The SMILES string of the molecule is Cc1ccc(NC(=O)c2ccc(C(F)(F)F)cc2)c(-c2nc3ccccc3s2)c1. The minimum absolute atomic E-state index is 0.147. The molecule has 4 aromatic rings. The number of carbonyl (C=O) groups excluding carboxylic acids is 1. The Balaban J connectivity index is 1.66. The van der Waals surface area contributed by atoms with E-state index in [0.29, 0.717) is 5.69 Å². The molecule has 0 aliphatic rings. The van der Waals surface area contributed by atoms with E-state index in [9.17, 15) is 18.0 Å². The van der Waals surface area contributed by atoms with Crippen molar-refractivity contribution in [2.75, 3.05) is 5.32 Å². The predicted molar refractivity (Wildman–Crippen MR) is 109 cm³/mol. The highest BCUT2D eigenvalue weighted by molar-refractivity contribution is 7.21. The zero-order chi connectivity index (χ0) is 20.6. The number of nitrogens with zero attached hydrogens (tertiary/aromatic N) is 1. The van der Waals surface area contributed by atoms with E-state index in [1.165, 1.54) is 23.5 Å². The van der Waals surface area contributed by atoms with Gasteiger partial charge in [-0.05, 0) is 55.5 Å². The first-order chi connectivity index (χ1) is 13.8. The second-order valence-electron chi connectivity index (χ2n) is 6.57. The highest BCUT2D eigenvalue weighted by Gasteiger charge is 2.30. The van der Waals surface area contributed by atoms with Gasteiger partial charge in [0.2, 0.25) is 0 Å². The molecular weight excluding hydrogens is 397 g/mol. The second kappa shape index (κ2) is 7.33. The molecule has 29 heavy (non-hydrogen) atoms. The summed E-state index contributed by atoms with van der Waals surface area (Å²) in [6.07, 6.45) is -4.44. The molecule has 1 aromatic heterocycles. The molecule has 4 rings (SSSR count). The van der Waals surface area contributed by atoms with Gasteiger partial charge in [0.25, 0.3) is 5.91 Å². The summed E-state index contributed by atoms with van der Waals surface area (Å²) >= 11 is 1.51. The molecule has 0 fully saturated rings. The predicted octanol–water partition coefficient (Wildman–Crippen LogP) is 6.54. The van der Waals surface area contributed by atoms with Crippen LogP contribution < -0.4 is 5.32 Å². The third-order valence-corrected chi connectivity index (χ3v) is 5.49. The third kappa shape index (κ3) is 4.00. The molecule has 146 valence electrons. The van der Waals surface area contributed by atoms with Crippen LogP contribution in [0.1, 0.15) is 21.5 Å². The normalized spacial score (nSPS) is 11.6. The molecule has 1 amide bonds. The number of benzene rings is 3. The number of carbonyl (C=O) groups is 1.